The van der Waals surface area contributed by atoms with E-state index in [2.05, 4.69) is 5.32 Å². The average molecular weight is 439 g/mol. The molecule has 0 unspecified atom stereocenters. The molecular weight excluding hydrogens is 423 g/mol. The molecule has 0 atom stereocenters. The van der Waals surface area contributed by atoms with Crippen molar-refractivity contribution in [2.45, 2.75) is 6.61 Å². The molecule has 0 aliphatic carbocycles. The standard InChI is InChI=1S/C23H16Cl2N2O3/c24-18-4-3-16(22(25)12-18)14-30-21-9-1-15(2-10-21)11-17(13-26)23(29)27-19-5-7-20(28)8-6-19/h1-12,28H,14H2,(H,27,29)/b17-11+. The van der Waals surface area contributed by atoms with Crippen molar-refractivity contribution in [3.8, 4) is 17.6 Å². The molecule has 5 nitrogen and oxygen atoms in total. The number of carbonyl (C=O) groups is 1. The van der Waals surface area contributed by atoms with Crippen molar-refractivity contribution in [3.63, 3.8) is 0 Å². The zero-order chi connectivity index (χ0) is 21.5. The van der Waals surface area contributed by atoms with Crippen molar-refractivity contribution in [2.75, 3.05) is 5.32 Å². The smallest absolute Gasteiger partial charge is 0.266 e. The van der Waals surface area contributed by atoms with E-state index in [0.29, 0.717) is 27.0 Å². The second-order valence-electron chi connectivity index (χ2n) is 6.26. The fraction of sp³-hybridized carbons (Fsp3) is 0.0435. The lowest BCUT2D eigenvalue weighted by Gasteiger charge is -2.08. The lowest BCUT2D eigenvalue weighted by Crippen LogP contribution is -2.13. The van der Waals surface area contributed by atoms with E-state index in [1.807, 2.05) is 6.07 Å². The van der Waals surface area contributed by atoms with Gasteiger partial charge in [-0.05, 0) is 60.2 Å². The number of ether oxygens (including phenoxy) is 1. The van der Waals surface area contributed by atoms with Crippen molar-refractivity contribution in [2.24, 2.45) is 0 Å². The molecule has 3 aromatic rings. The Morgan fingerprint density at radius 2 is 1.77 bits per heavy atom. The highest BCUT2D eigenvalue weighted by atomic mass is 35.5. The van der Waals surface area contributed by atoms with Crippen molar-refractivity contribution >= 4 is 40.9 Å². The van der Waals surface area contributed by atoms with E-state index in [1.54, 1.807) is 54.6 Å². The van der Waals surface area contributed by atoms with E-state index < -0.39 is 5.91 Å². The van der Waals surface area contributed by atoms with E-state index in [4.69, 9.17) is 27.9 Å². The molecule has 3 aromatic carbocycles. The first-order valence-corrected chi connectivity index (χ1v) is 9.59. The molecule has 2 N–H and O–H groups in total. The number of aromatic hydroxyl groups is 1. The maximum Gasteiger partial charge on any atom is 0.266 e. The summed E-state index contributed by atoms with van der Waals surface area (Å²) >= 11 is 12.0. The first kappa shape index (κ1) is 21.3. The molecular formula is C23H16Cl2N2O3. The van der Waals surface area contributed by atoms with Crippen LogP contribution < -0.4 is 10.1 Å². The fourth-order valence-corrected chi connectivity index (χ4v) is 2.98. The van der Waals surface area contributed by atoms with Gasteiger partial charge in [0, 0.05) is 21.3 Å². The molecule has 7 heteroatoms. The Labute approximate surface area is 183 Å². The fourth-order valence-electron chi connectivity index (χ4n) is 2.52. The highest BCUT2D eigenvalue weighted by Crippen LogP contribution is 2.23. The summed E-state index contributed by atoms with van der Waals surface area (Å²) in [5.41, 5.74) is 1.90. The number of anilines is 1. The summed E-state index contributed by atoms with van der Waals surface area (Å²) in [7, 11) is 0. The molecule has 0 radical (unpaired) electrons. The van der Waals surface area contributed by atoms with Gasteiger partial charge in [0.25, 0.3) is 5.91 Å². The molecule has 3 rings (SSSR count). The number of phenols is 1. The maximum absolute atomic E-state index is 12.3. The molecule has 0 fully saturated rings. The minimum absolute atomic E-state index is 0.0512. The highest BCUT2D eigenvalue weighted by Gasteiger charge is 2.10. The molecule has 30 heavy (non-hydrogen) atoms. The highest BCUT2D eigenvalue weighted by molar-refractivity contribution is 6.35. The van der Waals surface area contributed by atoms with E-state index in [1.165, 1.54) is 18.2 Å². The molecule has 0 saturated heterocycles. The number of nitrogens with one attached hydrogen (secondary N) is 1. The van der Waals surface area contributed by atoms with Gasteiger partial charge in [-0.1, -0.05) is 41.4 Å². The molecule has 0 saturated carbocycles. The van der Waals surface area contributed by atoms with Gasteiger partial charge in [0.15, 0.2) is 0 Å². The summed E-state index contributed by atoms with van der Waals surface area (Å²) in [5.74, 6) is 0.163. The van der Waals surface area contributed by atoms with Crippen LogP contribution in [0.15, 0.2) is 72.3 Å². The number of halogens is 2. The molecule has 0 spiro atoms. The molecule has 150 valence electrons. The molecule has 1 amide bonds. The lowest BCUT2D eigenvalue weighted by atomic mass is 10.1. The number of rotatable bonds is 6. The monoisotopic (exact) mass is 438 g/mol. The van der Waals surface area contributed by atoms with Gasteiger partial charge in [0.05, 0.1) is 0 Å². The minimum atomic E-state index is -0.541. The average Bonchev–Trinajstić information content (AvgIpc) is 2.74. The van der Waals surface area contributed by atoms with E-state index in [0.717, 1.165) is 5.56 Å². The van der Waals surface area contributed by atoms with Crippen LogP contribution in [-0.4, -0.2) is 11.0 Å². The lowest BCUT2D eigenvalue weighted by molar-refractivity contribution is -0.112. The molecule has 0 aliphatic heterocycles. The van der Waals surface area contributed by atoms with Crippen molar-refractivity contribution in [1.29, 1.82) is 5.26 Å². The van der Waals surface area contributed by atoms with Crippen LogP contribution in [0.2, 0.25) is 10.0 Å². The Kier molecular flexibility index (Phi) is 6.97. The summed E-state index contributed by atoms with van der Waals surface area (Å²) in [6.45, 7) is 0.281. The first-order valence-electron chi connectivity index (χ1n) is 8.83. The van der Waals surface area contributed by atoms with Crippen LogP contribution in [0.1, 0.15) is 11.1 Å². The van der Waals surface area contributed by atoms with Gasteiger partial charge < -0.3 is 15.2 Å². The van der Waals surface area contributed by atoms with Crippen molar-refractivity contribution in [3.05, 3.63) is 93.5 Å². The predicted octanol–water partition coefficient (Wildman–Crippen LogP) is 5.82. The third-order valence-electron chi connectivity index (χ3n) is 4.09. The van der Waals surface area contributed by atoms with Crippen LogP contribution in [0.5, 0.6) is 11.5 Å². The van der Waals surface area contributed by atoms with Gasteiger partial charge in [-0.2, -0.15) is 5.26 Å². The topological polar surface area (TPSA) is 82.3 Å². The number of amides is 1. The van der Waals surface area contributed by atoms with E-state index in [9.17, 15) is 15.2 Å². The van der Waals surface area contributed by atoms with Crippen LogP contribution in [0.3, 0.4) is 0 Å². The third-order valence-corrected chi connectivity index (χ3v) is 4.68. The van der Waals surface area contributed by atoms with Crippen molar-refractivity contribution < 1.29 is 14.6 Å². The van der Waals surface area contributed by atoms with Gasteiger partial charge in [0.1, 0.15) is 29.7 Å². The summed E-state index contributed by atoms with van der Waals surface area (Å²) in [4.78, 5) is 12.3. The number of nitrogens with zero attached hydrogens (tertiary/aromatic N) is 1. The molecule has 0 bridgehead atoms. The number of hydrogen-bond acceptors (Lipinski definition) is 4. The van der Waals surface area contributed by atoms with Gasteiger partial charge in [-0.25, -0.2) is 0 Å². The Hall–Kier alpha value is -3.46. The second kappa shape index (κ2) is 9.84. The quantitative estimate of drug-likeness (QED) is 0.288. The van der Waals surface area contributed by atoms with E-state index >= 15 is 0 Å². The summed E-state index contributed by atoms with van der Waals surface area (Å²) in [5, 5.41) is 22.3. The van der Waals surface area contributed by atoms with Crippen LogP contribution in [0.25, 0.3) is 6.08 Å². The largest absolute Gasteiger partial charge is 0.508 e. The predicted molar refractivity (Wildman–Crippen MR) is 118 cm³/mol. The van der Waals surface area contributed by atoms with Crippen LogP contribution >= 0.6 is 23.2 Å². The van der Waals surface area contributed by atoms with Crippen LogP contribution in [0, 0.1) is 11.3 Å². The van der Waals surface area contributed by atoms with Crippen LogP contribution in [0.4, 0.5) is 5.69 Å². The summed E-state index contributed by atoms with van der Waals surface area (Å²) in [6, 6.07) is 20.0. The Morgan fingerprint density at radius 1 is 1.07 bits per heavy atom. The van der Waals surface area contributed by atoms with Gasteiger partial charge in [-0.15, -0.1) is 0 Å². The van der Waals surface area contributed by atoms with Crippen molar-refractivity contribution in [1.82, 2.24) is 0 Å². The summed E-state index contributed by atoms with van der Waals surface area (Å²) in [6.07, 6.45) is 1.48. The third kappa shape index (κ3) is 5.77. The Bertz CT molecular complexity index is 1120. The maximum atomic E-state index is 12.3. The van der Waals surface area contributed by atoms with Crippen LogP contribution in [-0.2, 0) is 11.4 Å². The van der Waals surface area contributed by atoms with Gasteiger partial charge in [0.2, 0.25) is 0 Å². The number of carbonyl (C=O) groups excluding carboxylic acids is 1. The number of benzene rings is 3. The normalized spacial score (nSPS) is 10.9. The minimum Gasteiger partial charge on any atom is -0.508 e. The van der Waals surface area contributed by atoms with E-state index in [-0.39, 0.29) is 17.9 Å². The zero-order valence-corrected chi connectivity index (χ0v) is 17.1. The van der Waals surface area contributed by atoms with Gasteiger partial charge in [-0.3, -0.25) is 4.79 Å². The van der Waals surface area contributed by atoms with Gasteiger partial charge >= 0.3 is 0 Å². The molecule has 0 heterocycles. The number of nitriles is 1. The second-order valence-corrected chi connectivity index (χ2v) is 7.11. The molecule has 0 aromatic heterocycles. The molecule has 0 aliphatic rings. The Balaban J connectivity index is 1.65. The Morgan fingerprint density at radius 3 is 2.40 bits per heavy atom. The number of phenolic OH excluding ortho intramolecular Hbond substituents is 1. The zero-order valence-electron chi connectivity index (χ0n) is 15.6. The summed E-state index contributed by atoms with van der Waals surface area (Å²) < 4.78 is 5.72. The SMILES string of the molecule is N#C/C(=C\c1ccc(OCc2ccc(Cl)cc2Cl)cc1)C(=O)Nc1ccc(O)cc1. The first-order chi connectivity index (χ1) is 14.4. The number of hydrogen-bond donors (Lipinski definition) is 2.